The van der Waals surface area contributed by atoms with Gasteiger partial charge in [-0.25, -0.2) is 0 Å². The van der Waals surface area contributed by atoms with E-state index in [1.165, 1.54) is 24.3 Å². The number of nitrogens with one attached hydrogen (secondary N) is 3. The van der Waals surface area contributed by atoms with E-state index >= 15 is 0 Å². The fourth-order valence-corrected chi connectivity index (χ4v) is 3.10. The average molecular weight is 434 g/mol. The molecule has 2 amide bonds. The van der Waals surface area contributed by atoms with Gasteiger partial charge in [-0.1, -0.05) is 47.5 Å². The molecule has 0 spiro atoms. The van der Waals surface area contributed by atoms with Crippen molar-refractivity contribution in [1.29, 1.82) is 0 Å². The summed E-state index contributed by atoms with van der Waals surface area (Å²) >= 11 is 16.8. The maximum Gasteiger partial charge on any atom is 0.273 e. The molecule has 142 valence electrons. The fraction of sp³-hybridized carbons (Fsp3) is 0. The van der Waals surface area contributed by atoms with E-state index < -0.39 is 11.8 Å². The summed E-state index contributed by atoms with van der Waals surface area (Å²) in [5, 5.41) is 14.5. The van der Waals surface area contributed by atoms with Crippen LogP contribution in [0.5, 0.6) is 5.75 Å². The van der Waals surface area contributed by atoms with Crippen LogP contribution in [0.15, 0.2) is 54.6 Å². The van der Waals surface area contributed by atoms with Crippen LogP contribution in [0, 0.1) is 0 Å². The predicted octanol–water partition coefficient (Wildman–Crippen LogP) is 3.80. The normalized spacial score (nSPS) is 10.4. The van der Waals surface area contributed by atoms with Gasteiger partial charge >= 0.3 is 0 Å². The van der Waals surface area contributed by atoms with E-state index in [0.29, 0.717) is 5.02 Å². The average Bonchev–Trinajstić information content (AvgIpc) is 2.65. The summed E-state index contributed by atoms with van der Waals surface area (Å²) in [4.78, 5) is 24.5. The molecule has 0 saturated carbocycles. The molecule has 0 heterocycles. The number of carbonyl (C=O) groups is 2. The van der Waals surface area contributed by atoms with Gasteiger partial charge in [-0.3, -0.25) is 25.8 Å². The maximum absolute atomic E-state index is 12.3. The number of carbonyl (C=O) groups excluding carboxylic acids is 2. The number of fused-ring (bicyclic) bond motifs is 1. The van der Waals surface area contributed by atoms with Crippen LogP contribution in [0.2, 0.25) is 10.0 Å². The molecule has 3 rings (SSSR count). The van der Waals surface area contributed by atoms with Gasteiger partial charge in [0.05, 0.1) is 16.1 Å². The molecule has 0 fully saturated rings. The molecule has 0 aromatic heterocycles. The molecule has 3 aromatic rings. The molecule has 0 atom stereocenters. The van der Waals surface area contributed by atoms with Crippen LogP contribution in [0.3, 0.4) is 0 Å². The number of benzene rings is 3. The van der Waals surface area contributed by atoms with Crippen molar-refractivity contribution in [2.24, 2.45) is 0 Å². The first-order valence-electron chi connectivity index (χ1n) is 7.93. The van der Waals surface area contributed by atoms with Gasteiger partial charge in [0.2, 0.25) is 0 Å². The number of aromatic hydroxyl groups is 1. The van der Waals surface area contributed by atoms with E-state index in [0.717, 1.165) is 10.8 Å². The molecule has 28 heavy (non-hydrogen) atoms. The number of hydrogen-bond donors (Lipinski definition) is 4. The number of hydrogen-bond acceptors (Lipinski definition) is 4. The Morgan fingerprint density at radius 2 is 1.54 bits per heavy atom. The first-order chi connectivity index (χ1) is 13.3. The van der Waals surface area contributed by atoms with Crippen LogP contribution in [0.25, 0.3) is 10.8 Å². The molecule has 3 aromatic carbocycles. The van der Waals surface area contributed by atoms with Gasteiger partial charge in [0.15, 0.2) is 5.11 Å². The zero-order valence-electron chi connectivity index (χ0n) is 14.1. The topological polar surface area (TPSA) is 90.5 Å². The van der Waals surface area contributed by atoms with Crippen molar-refractivity contribution in [2.45, 2.75) is 0 Å². The molecule has 0 bridgehead atoms. The first kappa shape index (κ1) is 19.9. The van der Waals surface area contributed by atoms with Gasteiger partial charge < -0.3 is 5.11 Å². The number of amides is 2. The smallest absolute Gasteiger partial charge is 0.273 e. The lowest BCUT2D eigenvalue weighted by Gasteiger charge is -2.12. The molecule has 0 saturated heterocycles. The Kier molecular flexibility index (Phi) is 5.99. The summed E-state index contributed by atoms with van der Waals surface area (Å²) in [5.74, 6) is -1.37. The molecule has 0 unspecified atom stereocenters. The van der Waals surface area contributed by atoms with Crippen molar-refractivity contribution in [1.82, 2.24) is 16.2 Å². The standard InChI is InChI=1S/C19H13Cl2N3O3S/c20-12-5-6-13(15(21)9-12)17(26)22-19(28)24-23-18(27)14-7-10-3-1-2-4-11(10)8-16(14)25/h1-9,25H,(H,23,27)(H2,22,24,26,28). The second-order valence-electron chi connectivity index (χ2n) is 5.70. The number of rotatable bonds is 2. The number of phenolic OH excluding ortho intramolecular Hbond substituents is 1. The Morgan fingerprint density at radius 1 is 0.857 bits per heavy atom. The lowest BCUT2D eigenvalue weighted by molar-refractivity contribution is 0.0932. The largest absolute Gasteiger partial charge is 0.507 e. The Balaban J connectivity index is 1.63. The summed E-state index contributed by atoms with van der Waals surface area (Å²) in [6, 6.07) is 14.7. The van der Waals surface area contributed by atoms with Gasteiger partial charge in [0, 0.05) is 5.02 Å². The van der Waals surface area contributed by atoms with E-state index in [9.17, 15) is 14.7 Å². The zero-order valence-corrected chi connectivity index (χ0v) is 16.5. The Labute approximate surface area is 175 Å². The second-order valence-corrected chi connectivity index (χ2v) is 6.95. The first-order valence-corrected chi connectivity index (χ1v) is 9.10. The quantitative estimate of drug-likeness (QED) is 0.364. The molecule has 0 aliphatic carbocycles. The van der Waals surface area contributed by atoms with Crippen molar-refractivity contribution >= 4 is 63.1 Å². The molecular weight excluding hydrogens is 421 g/mol. The highest BCUT2D eigenvalue weighted by molar-refractivity contribution is 7.80. The van der Waals surface area contributed by atoms with Gasteiger partial charge in [-0.05, 0) is 53.3 Å². The van der Waals surface area contributed by atoms with E-state index in [2.05, 4.69) is 16.2 Å². The predicted molar refractivity (Wildman–Crippen MR) is 113 cm³/mol. The van der Waals surface area contributed by atoms with Crippen molar-refractivity contribution in [3.8, 4) is 5.75 Å². The van der Waals surface area contributed by atoms with Crippen LogP contribution >= 0.6 is 35.4 Å². The van der Waals surface area contributed by atoms with Crippen molar-refractivity contribution in [3.63, 3.8) is 0 Å². The second kappa shape index (κ2) is 8.43. The summed E-state index contributed by atoms with van der Waals surface area (Å²) in [5.41, 5.74) is 4.96. The summed E-state index contributed by atoms with van der Waals surface area (Å²) < 4.78 is 0. The SMILES string of the molecule is O=C(NNC(=S)NC(=O)c1ccc(Cl)cc1Cl)c1cc2ccccc2cc1O. The number of hydrazine groups is 1. The van der Waals surface area contributed by atoms with Crippen LogP contribution in [0.1, 0.15) is 20.7 Å². The van der Waals surface area contributed by atoms with Gasteiger partial charge in [-0.15, -0.1) is 0 Å². The molecule has 0 radical (unpaired) electrons. The molecule has 6 nitrogen and oxygen atoms in total. The summed E-state index contributed by atoms with van der Waals surface area (Å²) in [6.07, 6.45) is 0. The highest BCUT2D eigenvalue weighted by Gasteiger charge is 2.15. The number of thiocarbonyl (C=S) groups is 1. The van der Waals surface area contributed by atoms with Crippen molar-refractivity contribution in [3.05, 3.63) is 75.8 Å². The van der Waals surface area contributed by atoms with Crippen LogP contribution in [-0.2, 0) is 0 Å². The fourth-order valence-electron chi connectivity index (χ4n) is 2.47. The van der Waals surface area contributed by atoms with Crippen LogP contribution < -0.4 is 16.2 Å². The lowest BCUT2D eigenvalue weighted by Crippen LogP contribution is -2.48. The number of halogens is 2. The molecule has 9 heteroatoms. The minimum Gasteiger partial charge on any atom is -0.507 e. The Hall–Kier alpha value is -2.87. The Morgan fingerprint density at radius 3 is 2.21 bits per heavy atom. The molecule has 0 aliphatic rings. The van der Waals surface area contributed by atoms with Gasteiger partial charge in [-0.2, -0.15) is 0 Å². The molecule has 4 N–H and O–H groups in total. The van der Waals surface area contributed by atoms with Crippen molar-refractivity contribution < 1.29 is 14.7 Å². The lowest BCUT2D eigenvalue weighted by atomic mass is 10.1. The molecule has 0 aliphatic heterocycles. The minimum absolute atomic E-state index is 0.0565. The van der Waals surface area contributed by atoms with E-state index in [1.54, 1.807) is 6.07 Å². The maximum atomic E-state index is 12.3. The highest BCUT2D eigenvalue weighted by Crippen LogP contribution is 2.24. The summed E-state index contributed by atoms with van der Waals surface area (Å²) in [7, 11) is 0. The van der Waals surface area contributed by atoms with Gasteiger partial charge in [0.1, 0.15) is 5.75 Å². The van der Waals surface area contributed by atoms with E-state index in [1.807, 2.05) is 24.3 Å². The summed E-state index contributed by atoms with van der Waals surface area (Å²) in [6.45, 7) is 0. The minimum atomic E-state index is -0.621. The number of phenols is 1. The van der Waals surface area contributed by atoms with Crippen molar-refractivity contribution in [2.75, 3.05) is 0 Å². The van der Waals surface area contributed by atoms with Crippen LogP contribution in [-0.4, -0.2) is 22.0 Å². The highest BCUT2D eigenvalue weighted by atomic mass is 35.5. The third-order valence-corrected chi connectivity index (χ3v) is 4.55. The zero-order chi connectivity index (χ0) is 20.3. The third kappa shape index (κ3) is 4.51. The van der Waals surface area contributed by atoms with Crippen LogP contribution in [0.4, 0.5) is 0 Å². The van der Waals surface area contributed by atoms with E-state index in [-0.39, 0.29) is 27.0 Å². The van der Waals surface area contributed by atoms with Gasteiger partial charge in [0.25, 0.3) is 11.8 Å². The van der Waals surface area contributed by atoms with E-state index in [4.69, 9.17) is 35.4 Å². The Bertz CT molecular complexity index is 1100. The molecular formula is C19H13Cl2N3O3S. The monoisotopic (exact) mass is 433 g/mol. The third-order valence-electron chi connectivity index (χ3n) is 3.80.